The lowest BCUT2D eigenvalue weighted by atomic mass is 10.2. The van der Waals surface area contributed by atoms with Crippen LogP contribution in [0.5, 0.6) is 0 Å². The van der Waals surface area contributed by atoms with Gasteiger partial charge in [-0.2, -0.15) is 4.31 Å². The van der Waals surface area contributed by atoms with Gasteiger partial charge < -0.3 is 4.74 Å². The van der Waals surface area contributed by atoms with Crippen LogP contribution in [0.25, 0.3) is 16.9 Å². The second-order valence-electron chi connectivity index (χ2n) is 9.91. The van der Waals surface area contributed by atoms with Crippen molar-refractivity contribution in [2.75, 3.05) is 51.3 Å². The minimum atomic E-state index is -4.04. The molecule has 12 heteroatoms. The first-order valence-corrected chi connectivity index (χ1v) is 15.3. The van der Waals surface area contributed by atoms with Crippen molar-refractivity contribution >= 4 is 33.5 Å². The van der Waals surface area contributed by atoms with Crippen molar-refractivity contribution in [1.29, 1.82) is 0 Å². The van der Waals surface area contributed by atoms with Crippen LogP contribution in [0.2, 0.25) is 5.02 Å². The van der Waals surface area contributed by atoms with Crippen molar-refractivity contribution in [3.63, 3.8) is 0 Å². The number of hydrogen-bond acceptors (Lipinski definition) is 6. The fourth-order valence-corrected chi connectivity index (χ4v) is 6.10. The first-order chi connectivity index (χ1) is 20.2. The number of imidazole rings is 1. The molecule has 220 valence electrons. The van der Waals surface area contributed by atoms with E-state index in [1.807, 2.05) is 30.3 Å². The third-order valence-corrected chi connectivity index (χ3v) is 9.11. The maximum atomic E-state index is 14.5. The molecule has 0 radical (unpaired) electrons. The normalized spacial score (nSPS) is 14.3. The molecule has 9 nitrogen and oxygen atoms in total. The fourth-order valence-electron chi connectivity index (χ4n) is 4.59. The van der Waals surface area contributed by atoms with Crippen LogP contribution in [0, 0.1) is 12.7 Å². The van der Waals surface area contributed by atoms with Crippen molar-refractivity contribution < 1.29 is 22.3 Å². The Labute approximate surface area is 249 Å². The summed E-state index contributed by atoms with van der Waals surface area (Å²) in [6.07, 6.45) is 1.70. The highest BCUT2D eigenvalue weighted by Crippen LogP contribution is 2.26. The molecule has 1 fully saturated rings. The SMILES string of the molecule is Cc1ccc(-n2cc(-c3ccccc3)nc2NC(=O)CN(CCN2CCOCC2)S(=O)(=O)c2ccc(Cl)cc2)cc1F. The number of anilines is 1. The Kier molecular flexibility index (Phi) is 9.34. The Balaban J connectivity index is 1.43. The summed E-state index contributed by atoms with van der Waals surface area (Å²) >= 11 is 5.98. The van der Waals surface area contributed by atoms with Crippen LogP contribution in [0.4, 0.5) is 10.3 Å². The highest BCUT2D eigenvalue weighted by molar-refractivity contribution is 7.89. The van der Waals surface area contributed by atoms with Gasteiger partial charge >= 0.3 is 0 Å². The number of hydrogen-bond donors (Lipinski definition) is 1. The van der Waals surface area contributed by atoms with E-state index in [2.05, 4.69) is 15.2 Å². The predicted octanol–water partition coefficient (Wildman–Crippen LogP) is 4.60. The van der Waals surface area contributed by atoms with Crippen LogP contribution >= 0.6 is 11.6 Å². The first-order valence-electron chi connectivity index (χ1n) is 13.5. The highest BCUT2D eigenvalue weighted by atomic mass is 35.5. The number of amides is 1. The van der Waals surface area contributed by atoms with Gasteiger partial charge in [-0.15, -0.1) is 0 Å². The topological polar surface area (TPSA) is 96.8 Å². The Morgan fingerprint density at radius 2 is 1.79 bits per heavy atom. The molecule has 4 aromatic rings. The molecule has 1 amide bonds. The number of aromatic nitrogens is 2. The summed E-state index contributed by atoms with van der Waals surface area (Å²) in [7, 11) is -4.04. The second kappa shape index (κ2) is 13.1. The lowest BCUT2D eigenvalue weighted by Crippen LogP contribution is -2.45. The van der Waals surface area contributed by atoms with Gasteiger partial charge in [-0.05, 0) is 48.9 Å². The number of sulfonamides is 1. The van der Waals surface area contributed by atoms with E-state index in [9.17, 15) is 17.6 Å². The van der Waals surface area contributed by atoms with Gasteiger partial charge in [-0.1, -0.05) is 48.0 Å². The zero-order valence-electron chi connectivity index (χ0n) is 23.0. The third kappa shape index (κ3) is 7.05. The highest BCUT2D eigenvalue weighted by Gasteiger charge is 2.28. The smallest absolute Gasteiger partial charge is 0.243 e. The van der Waals surface area contributed by atoms with Gasteiger partial charge in [-0.3, -0.25) is 19.6 Å². The summed E-state index contributed by atoms with van der Waals surface area (Å²) in [6.45, 7) is 4.21. The fraction of sp³-hybridized carbons (Fsp3) is 0.267. The number of carbonyl (C=O) groups is 1. The third-order valence-electron chi connectivity index (χ3n) is 7.00. The summed E-state index contributed by atoms with van der Waals surface area (Å²) in [5.74, 6) is -0.851. The van der Waals surface area contributed by atoms with Gasteiger partial charge in [0.2, 0.25) is 21.9 Å². The molecule has 0 bridgehead atoms. The summed E-state index contributed by atoms with van der Waals surface area (Å²) in [5.41, 5.74) is 2.30. The number of aryl methyl sites for hydroxylation is 1. The Hall–Kier alpha value is -3.61. The standard InChI is InChI=1S/C30H31ClFN5O4S/c1-22-7-10-25(19-27(22)32)37-20-28(23-5-3-2-4-6-23)33-30(37)34-29(38)21-36(14-13-35-15-17-41-18-16-35)42(39,40)26-11-8-24(31)9-12-26/h2-12,19-20H,13-18,21H2,1H3,(H,33,34,38). The zero-order valence-corrected chi connectivity index (χ0v) is 24.6. The van der Waals surface area contributed by atoms with Gasteiger partial charge in [0.05, 0.1) is 36.0 Å². The number of halogens is 2. The Morgan fingerprint density at radius 1 is 1.07 bits per heavy atom. The van der Waals surface area contributed by atoms with E-state index in [1.54, 1.807) is 29.8 Å². The minimum absolute atomic E-state index is 0.0321. The monoisotopic (exact) mass is 611 g/mol. The van der Waals surface area contributed by atoms with E-state index in [0.29, 0.717) is 54.8 Å². The van der Waals surface area contributed by atoms with Gasteiger partial charge in [0, 0.05) is 43.0 Å². The van der Waals surface area contributed by atoms with E-state index in [4.69, 9.17) is 16.3 Å². The number of ether oxygens (including phenoxy) is 1. The van der Waals surface area contributed by atoms with Crippen molar-refractivity contribution in [3.8, 4) is 16.9 Å². The number of morpholine rings is 1. The van der Waals surface area contributed by atoms with E-state index in [0.717, 1.165) is 9.87 Å². The molecule has 0 saturated carbocycles. The van der Waals surface area contributed by atoms with Crippen LogP contribution in [0.1, 0.15) is 5.56 Å². The number of benzene rings is 3. The summed E-state index contributed by atoms with van der Waals surface area (Å²) in [4.78, 5) is 20.2. The maximum Gasteiger partial charge on any atom is 0.243 e. The zero-order chi connectivity index (χ0) is 29.7. The maximum absolute atomic E-state index is 14.5. The average Bonchev–Trinajstić information content (AvgIpc) is 3.41. The lowest BCUT2D eigenvalue weighted by Gasteiger charge is -2.29. The quantitative estimate of drug-likeness (QED) is 0.282. The molecule has 1 N–H and O–H groups in total. The molecule has 0 unspecified atom stereocenters. The van der Waals surface area contributed by atoms with E-state index < -0.39 is 28.3 Å². The number of rotatable bonds is 10. The Morgan fingerprint density at radius 3 is 2.48 bits per heavy atom. The van der Waals surface area contributed by atoms with Gasteiger partial charge in [0.1, 0.15) is 5.82 Å². The molecule has 5 rings (SSSR count). The number of nitrogens with zero attached hydrogens (tertiary/aromatic N) is 4. The lowest BCUT2D eigenvalue weighted by molar-refractivity contribution is -0.116. The molecule has 1 aliphatic heterocycles. The molecule has 0 aliphatic carbocycles. The van der Waals surface area contributed by atoms with Crippen LogP contribution in [-0.4, -0.2) is 79.0 Å². The molecule has 1 saturated heterocycles. The molecular weight excluding hydrogens is 581 g/mol. The van der Waals surface area contributed by atoms with Crippen molar-refractivity contribution in [1.82, 2.24) is 18.8 Å². The summed E-state index contributed by atoms with van der Waals surface area (Å²) < 4.78 is 49.9. The molecule has 1 aromatic heterocycles. The summed E-state index contributed by atoms with van der Waals surface area (Å²) in [5, 5.41) is 3.17. The predicted molar refractivity (Wildman–Crippen MR) is 160 cm³/mol. The molecule has 0 atom stereocenters. The average molecular weight is 612 g/mol. The molecule has 1 aliphatic rings. The molecular formula is C30H31ClFN5O4S. The minimum Gasteiger partial charge on any atom is -0.379 e. The van der Waals surface area contributed by atoms with Gasteiger partial charge in [-0.25, -0.2) is 17.8 Å². The molecule has 0 spiro atoms. The second-order valence-corrected chi connectivity index (χ2v) is 12.3. The van der Waals surface area contributed by atoms with Gasteiger partial charge in [0.15, 0.2) is 0 Å². The van der Waals surface area contributed by atoms with Crippen LogP contribution in [0.3, 0.4) is 0 Å². The molecule has 42 heavy (non-hydrogen) atoms. The summed E-state index contributed by atoms with van der Waals surface area (Å²) in [6, 6.07) is 19.9. The largest absolute Gasteiger partial charge is 0.379 e. The van der Waals surface area contributed by atoms with Crippen LogP contribution < -0.4 is 5.32 Å². The number of carbonyl (C=O) groups excluding carboxylic acids is 1. The van der Waals surface area contributed by atoms with Crippen molar-refractivity contribution in [2.45, 2.75) is 11.8 Å². The van der Waals surface area contributed by atoms with Crippen molar-refractivity contribution in [3.05, 3.63) is 95.4 Å². The van der Waals surface area contributed by atoms with Crippen molar-refractivity contribution in [2.24, 2.45) is 0 Å². The van der Waals surface area contributed by atoms with E-state index in [1.165, 1.54) is 30.3 Å². The number of nitrogens with one attached hydrogen (secondary N) is 1. The van der Waals surface area contributed by atoms with E-state index >= 15 is 0 Å². The van der Waals surface area contributed by atoms with Gasteiger partial charge in [0.25, 0.3) is 0 Å². The van der Waals surface area contributed by atoms with Crippen LogP contribution in [-0.2, 0) is 19.6 Å². The van der Waals surface area contributed by atoms with Crippen LogP contribution in [0.15, 0.2) is 83.9 Å². The molecule has 3 aromatic carbocycles. The molecule has 2 heterocycles. The Bertz CT molecular complexity index is 1640. The first kappa shape index (κ1) is 29.9. The van der Waals surface area contributed by atoms with E-state index in [-0.39, 0.29) is 17.4 Å².